The fraction of sp³-hybridized carbons (Fsp3) is 0.625. The summed E-state index contributed by atoms with van der Waals surface area (Å²) in [6, 6.07) is 6.83. The fourth-order valence-electron chi connectivity index (χ4n) is 3.01. The normalized spacial score (nSPS) is 22.1. The van der Waals surface area contributed by atoms with Crippen LogP contribution in [0.4, 0.5) is 5.69 Å². The molecule has 2 nitrogen and oxygen atoms in total. The lowest BCUT2D eigenvalue weighted by atomic mass is 9.87. The van der Waals surface area contributed by atoms with Crippen LogP contribution < -0.4 is 10.2 Å². The predicted molar refractivity (Wildman–Crippen MR) is 91.9 cm³/mol. The number of piperazine rings is 1. The summed E-state index contributed by atoms with van der Waals surface area (Å²) in [6.07, 6.45) is 3.45. The Morgan fingerprint density at radius 3 is 2.60 bits per heavy atom. The molecule has 1 N–H and O–H groups in total. The molecule has 1 aromatic rings. The van der Waals surface area contributed by atoms with Gasteiger partial charge in [-0.3, -0.25) is 0 Å². The molecule has 0 bridgehead atoms. The monoisotopic (exact) mass is 358 g/mol. The van der Waals surface area contributed by atoms with Crippen LogP contribution in [0.3, 0.4) is 0 Å². The van der Waals surface area contributed by atoms with E-state index in [4.69, 9.17) is 11.6 Å². The highest BCUT2D eigenvalue weighted by Gasteiger charge is 2.36. The van der Waals surface area contributed by atoms with Crippen LogP contribution in [0.25, 0.3) is 0 Å². The standard InChI is InChI=1S/C16H24BrClN2/c1-4-12-10-19-16(5-2,6-3)11-20(12)13-7-8-14(17)15(18)9-13/h7-9,12,19H,4-6,10-11H2,1-3H3. The van der Waals surface area contributed by atoms with E-state index in [2.05, 4.69) is 59.1 Å². The summed E-state index contributed by atoms with van der Waals surface area (Å²) in [4.78, 5) is 2.53. The number of rotatable bonds is 4. The number of nitrogens with one attached hydrogen (secondary N) is 1. The highest BCUT2D eigenvalue weighted by Crippen LogP contribution is 2.32. The zero-order valence-electron chi connectivity index (χ0n) is 12.5. The number of hydrogen-bond acceptors (Lipinski definition) is 2. The summed E-state index contributed by atoms with van der Waals surface area (Å²) in [5, 5.41) is 4.56. The Balaban J connectivity index is 2.31. The van der Waals surface area contributed by atoms with Crippen molar-refractivity contribution in [3.8, 4) is 0 Å². The van der Waals surface area contributed by atoms with Crippen molar-refractivity contribution in [1.82, 2.24) is 5.32 Å². The molecule has 0 aliphatic carbocycles. The van der Waals surface area contributed by atoms with Crippen molar-refractivity contribution in [2.24, 2.45) is 0 Å². The summed E-state index contributed by atoms with van der Waals surface area (Å²) in [7, 11) is 0. The zero-order valence-corrected chi connectivity index (χ0v) is 14.9. The van der Waals surface area contributed by atoms with E-state index in [0.717, 1.165) is 41.8 Å². The average Bonchev–Trinajstić information content (AvgIpc) is 2.49. The molecule has 0 aromatic heterocycles. The first-order valence-corrected chi connectivity index (χ1v) is 8.69. The summed E-state index contributed by atoms with van der Waals surface area (Å²) >= 11 is 9.75. The van der Waals surface area contributed by atoms with Crippen LogP contribution in [0.2, 0.25) is 5.02 Å². The molecular formula is C16H24BrClN2. The minimum atomic E-state index is 0.227. The molecule has 1 aromatic carbocycles. The van der Waals surface area contributed by atoms with Crippen LogP contribution in [-0.2, 0) is 0 Å². The van der Waals surface area contributed by atoms with Crippen molar-refractivity contribution in [3.05, 3.63) is 27.7 Å². The quantitative estimate of drug-likeness (QED) is 0.826. The third-order valence-electron chi connectivity index (χ3n) is 4.69. The highest BCUT2D eigenvalue weighted by atomic mass is 79.9. The molecule has 20 heavy (non-hydrogen) atoms. The van der Waals surface area contributed by atoms with E-state index >= 15 is 0 Å². The maximum absolute atomic E-state index is 6.27. The lowest BCUT2D eigenvalue weighted by Gasteiger charge is -2.48. The number of nitrogens with zero attached hydrogens (tertiary/aromatic N) is 1. The average molecular weight is 360 g/mol. The van der Waals surface area contributed by atoms with Gasteiger partial charge in [0.05, 0.1) is 5.02 Å². The second kappa shape index (κ2) is 6.67. The van der Waals surface area contributed by atoms with Crippen molar-refractivity contribution in [1.29, 1.82) is 0 Å². The summed E-state index contributed by atoms with van der Waals surface area (Å²) in [5.74, 6) is 0. The molecule has 0 spiro atoms. The Morgan fingerprint density at radius 2 is 2.05 bits per heavy atom. The molecule has 1 fully saturated rings. The molecule has 1 unspecified atom stereocenters. The SMILES string of the molecule is CCC1CNC(CC)(CC)CN1c1ccc(Br)c(Cl)c1. The Labute approximate surface area is 136 Å². The van der Waals surface area contributed by atoms with E-state index in [1.807, 2.05) is 6.07 Å². The van der Waals surface area contributed by atoms with Gasteiger partial charge < -0.3 is 10.2 Å². The Morgan fingerprint density at radius 1 is 1.35 bits per heavy atom. The van der Waals surface area contributed by atoms with E-state index < -0.39 is 0 Å². The first-order chi connectivity index (χ1) is 9.55. The van der Waals surface area contributed by atoms with Gasteiger partial charge in [0.15, 0.2) is 0 Å². The molecule has 1 aliphatic heterocycles. The van der Waals surface area contributed by atoms with Gasteiger partial charge in [0, 0.05) is 34.8 Å². The molecule has 1 aliphatic rings. The summed E-state index contributed by atoms with van der Waals surface area (Å²) in [5.41, 5.74) is 1.46. The van der Waals surface area contributed by atoms with Crippen LogP contribution in [0, 0.1) is 0 Å². The molecular weight excluding hydrogens is 336 g/mol. The van der Waals surface area contributed by atoms with Crippen LogP contribution >= 0.6 is 27.5 Å². The topological polar surface area (TPSA) is 15.3 Å². The minimum Gasteiger partial charge on any atom is -0.365 e. The Kier molecular flexibility index (Phi) is 5.38. The van der Waals surface area contributed by atoms with Crippen molar-refractivity contribution in [3.63, 3.8) is 0 Å². The van der Waals surface area contributed by atoms with Crippen molar-refractivity contribution in [2.45, 2.75) is 51.6 Å². The van der Waals surface area contributed by atoms with E-state index in [0.29, 0.717) is 6.04 Å². The smallest absolute Gasteiger partial charge is 0.0568 e. The Bertz CT molecular complexity index is 460. The third-order valence-corrected chi connectivity index (χ3v) is 5.92. The largest absolute Gasteiger partial charge is 0.365 e. The van der Waals surface area contributed by atoms with Crippen LogP contribution in [0.15, 0.2) is 22.7 Å². The first-order valence-electron chi connectivity index (χ1n) is 7.52. The second-order valence-electron chi connectivity index (χ2n) is 5.66. The van der Waals surface area contributed by atoms with Gasteiger partial charge in [-0.2, -0.15) is 0 Å². The van der Waals surface area contributed by atoms with Gasteiger partial charge >= 0.3 is 0 Å². The van der Waals surface area contributed by atoms with Gasteiger partial charge in [0.25, 0.3) is 0 Å². The molecule has 0 amide bonds. The molecule has 0 radical (unpaired) electrons. The predicted octanol–water partition coefficient (Wildman–Crippen LogP) is 4.85. The molecule has 0 saturated carbocycles. The van der Waals surface area contributed by atoms with E-state index in [-0.39, 0.29) is 5.54 Å². The second-order valence-corrected chi connectivity index (χ2v) is 6.92. The molecule has 1 saturated heterocycles. The first kappa shape index (κ1) is 16.1. The van der Waals surface area contributed by atoms with Crippen molar-refractivity contribution >= 4 is 33.2 Å². The van der Waals surface area contributed by atoms with Gasteiger partial charge in [0.1, 0.15) is 0 Å². The maximum Gasteiger partial charge on any atom is 0.0568 e. The van der Waals surface area contributed by atoms with Gasteiger partial charge in [-0.25, -0.2) is 0 Å². The van der Waals surface area contributed by atoms with E-state index in [1.54, 1.807) is 0 Å². The lowest BCUT2D eigenvalue weighted by Crippen LogP contribution is -2.64. The van der Waals surface area contributed by atoms with Gasteiger partial charge in [0.2, 0.25) is 0 Å². The van der Waals surface area contributed by atoms with Gasteiger partial charge in [-0.05, 0) is 53.4 Å². The van der Waals surface area contributed by atoms with Crippen LogP contribution in [-0.4, -0.2) is 24.7 Å². The van der Waals surface area contributed by atoms with Gasteiger partial charge in [-0.1, -0.05) is 32.4 Å². The Hall–Kier alpha value is -0.250. The van der Waals surface area contributed by atoms with E-state index in [1.165, 1.54) is 5.69 Å². The number of hydrogen-bond donors (Lipinski definition) is 1. The van der Waals surface area contributed by atoms with Crippen LogP contribution in [0.5, 0.6) is 0 Å². The number of halogens is 2. The molecule has 112 valence electrons. The zero-order chi connectivity index (χ0) is 14.8. The molecule has 1 heterocycles. The van der Waals surface area contributed by atoms with E-state index in [9.17, 15) is 0 Å². The summed E-state index contributed by atoms with van der Waals surface area (Å²) in [6.45, 7) is 8.90. The molecule has 2 rings (SSSR count). The highest BCUT2D eigenvalue weighted by molar-refractivity contribution is 9.10. The third kappa shape index (κ3) is 3.15. The van der Waals surface area contributed by atoms with Crippen molar-refractivity contribution < 1.29 is 0 Å². The van der Waals surface area contributed by atoms with Crippen LogP contribution in [0.1, 0.15) is 40.0 Å². The maximum atomic E-state index is 6.27. The van der Waals surface area contributed by atoms with Gasteiger partial charge in [-0.15, -0.1) is 0 Å². The fourth-order valence-corrected chi connectivity index (χ4v) is 3.43. The molecule has 1 atom stereocenters. The summed E-state index contributed by atoms with van der Waals surface area (Å²) < 4.78 is 0.961. The molecule has 4 heteroatoms. The number of benzene rings is 1. The minimum absolute atomic E-state index is 0.227. The van der Waals surface area contributed by atoms with Crippen molar-refractivity contribution in [2.75, 3.05) is 18.0 Å². The number of anilines is 1. The lowest BCUT2D eigenvalue weighted by molar-refractivity contribution is 0.246.